The average molecular weight is 538 g/mol. The number of thioether (sulfide) groups is 1. The zero-order chi connectivity index (χ0) is 27.5. The minimum atomic E-state index is -1.12. The van der Waals surface area contributed by atoms with Gasteiger partial charge in [-0.2, -0.15) is 11.8 Å². The molecule has 12 nitrogen and oxygen atoms in total. The Bertz CT molecular complexity index is 975. The zero-order valence-electron chi connectivity index (χ0n) is 20.7. The highest BCUT2D eigenvalue weighted by Crippen LogP contribution is 2.20. The summed E-state index contributed by atoms with van der Waals surface area (Å²) in [5.74, 6) is -2.94. The summed E-state index contributed by atoms with van der Waals surface area (Å²) in [5, 5.41) is 24.4. The lowest BCUT2D eigenvalue weighted by atomic mass is 10.0. The highest BCUT2D eigenvalue weighted by Gasteiger charge is 2.38. The van der Waals surface area contributed by atoms with Gasteiger partial charge in [-0.25, -0.2) is 4.79 Å². The van der Waals surface area contributed by atoms with E-state index in [0.717, 1.165) is 0 Å². The molecule has 1 aliphatic heterocycles. The van der Waals surface area contributed by atoms with Gasteiger partial charge < -0.3 is 37.2 Å². The van der Waals surface area contributed by atoms with E-state index in [2.05, 4.69) is 10.6 Å². The molecule has 0 aromatic heterocycles. The second-order valence-corrected chi connectivity index (χ2v) is 9.90. The number of hydrogen-bond donors (Lipinski definition) is 6. The monoisotopic (exact) mass is 537 g/mol. The third kappa shape index (κ3) is 9.25. The standard InChI is InChI=1S/C24H35N5O7S/c1-37-12-10-17(27-21(32)16(25)8-9-20(26)31)22(33)28-18(13-14-4-6-15(30)7-5-14)23(34)29-11-2-3-19(29)24(35)36/h4-7,16-19,30H,2-3,8-13,25H2,1H3,(H2,26,31)(H,27,32)(H,28,33)(H,35,36). The Morgan fingerprint density at radius 2 is 1.73 bits per heavy atom. The van der Waals surface area contributed by atoms with Gasteiger partial charge in [0, 0.05) is 19.4 Å². The summed E-state index contributed by atoms with van der Waals surface area (Å²) in [6.45, 7) is 0.249. The topological polar surface area (TPSA) is 205 Å². The number of likely N-dealkylation sites (tertiary alicyclic amines) is 1. The fourth-order valence-electron chi connectivity index (χ4n) is 4.04. The molecule has 1 aromatic carbocycles. The van der Waals surface area contributed by atoms with E-state index in [4.69, 9.17) is 11.5 Å². The minimum absolute atomic E-state index is 0.0194. The first-order chi connectivity index (χ1) is 17.5. The van der Waals surface area contributed by atoms with Crippen LogP contribution in [0.5, 0.6) is 5.75 Å². The van der Waals surface area contributed by atoms with Crippen LogP contribution in [-0.4, -0.2) is 87.4 Å². The summed E-state index contributed by atoms with van der Waals surface area (Å²) in [6, 6.07) is 1.95. The van der Waals surface area contributed by atoms with Crippen LogP contribution in [0.4, 0.5) is 0 Å². The Morgan fingerprint density at radius 3 is 2.32 bits per heavy atom. The molecule has 37 heavy (non-hydrogen) atoms. The Balaban J connectivity index is 2.22. The van der Waals surface area contributed by atoms with Gasteiger partial charge in [-0.15, -0.1) is 0 Å². The molecule has 0 bridgehead atoms. The normalized spacial score (nSPS) is 17.5. The van der Waals surface area contributed by atoms with Crippen molar-refractivity contribution in [3.05, 3.63) is 29.8 Å². The van der Waals surface area contributed by atoms with E-state index in [-0.39, 0.29) is 38.0 Å². The van der Waals surface area contributed by atoms with Crippen molar-refractivity contribution < 1.29 is 34.2 Å². The number of phenolic OH excluding ortho intramolecular Hbond substituents is 1. The minimum Gasteiger partial charge on any atom is -0.508 e. The van der Waals surface area contributed by atoms with Crippen LogP contribution in [0.2, 0.25) is 0 Å². The summed E-state index contributed by atoms with van der Waals surface area (Å²) in [4.78, 5) is 63.2. The maximum Gasteiger partial charge on any atom is 0.326 e. The lowest BCUT2D eigenvalue weighted by molar-refractivity contribution is -0.149. The van der Waals surface area contributed by atoms with Crippen LogP contribution in [-0.2, 0) is 30.4 Å². The van der Waals surface area contributed by atoms with E-state index in [1.54, 1.807) is 12.1 Å². The van der Waals surface area contributed by atoms with Crippen LogP contribution in [0.3, 0.4) is 0 Å². The van der Waals surface area contributed by atoms with Gasteiger partial charge in [-0.05, 0) is 55.4 Å². The van der Waals surface area contributed by atoms with Crippen molar-refractivity contribution in [2.45, 2.75) is 62.7 Å². The first kappa shape index (κ1) is 29.9. The largest absolute Gasteiger partial charge is 0.508 e. The number of nitrogens with one attached hydrogen (secondary N) is 2. The molecule has 1 heterocycles. The Morgan fingerprint density at radius 1 is 1.08 bits per heavy atom. The van der Waals surface area contributed by atoms with E-state index in [9.17, 15) is 34.2 Å². The first-order valence-electron chi connectivity index (χ1n) is 12.0. The number of nitrogens with zero attached hydrogens (tertiary/aromatic N) is 1. The Hall–Kier alpha value is -3.32. The second-order valence-electron chi connectivity index (χ2n) is 8.91. The number of phenols is 1. The zero-order valence-corrected chi connectivity index (χ0v) is 21.5. The highest BCUT2D eigenvalue weighted by atomic mass is 32.2. The fourth-order valence-corrected chi connectivity index (χ4v) is 4.51. The number of carbonyl (C=O) groups excluding carboxylic acids is 4. The second kappa shape index (κ2) is 14.4. The molecule has 204 valence electrons. The van der Waals surface area contributed by atoms with Gasteiger partial charge in [0.1, 0.15) is 23.9 Å². The SMILES string of the molecule is CSCCC(NC(=O)C(N)CCC(N)=O)C(=O)NC(Cc1ccc(O)cc1)C(=O)N1CCCC1C(=O)O. The molecule has 8 N–H and O–H groups in total. The number of amides is 4. The molecule has 4 amide bonds. The number of aliphatic carboxylic acids is 1. The van der Waals surface area contributed by atoms with Gasteiger partial charge in [0.2, 0.25) is 23.6 Å². The number of carboxylic acid groups (broad SMARTS) is 1. The van der Waals surface area contributed by atoms with Gasteiger partial charge in [0.15, 0.2) is 0 Å². The number of nitrogens with two attached hydrogens (primary N) is 2. The summed E-state index contributed by atoms with van der Waals surface area (Å²) in [5.41, 5.74) is 11.6. The third-order valence-corrected chi connectivity index (χ3v) is 6.74. The summed E-state index contributed by atoms with van der Waals surface area (Å²) < 4.78 is 0. The molecular formula is C24H35N5O7S. The molecule has 0 radical (unpaired) electrons. The lowest BCUT2D eigenvalue weighted by Crippen LogP contribution is -2.57. The molecule has 1 aliphatic rings. The van der Waals surface area contributed by atoms with E-state index in [0.29, 0.717) is 24.2 Å². The molecular weight excluding hydrogens is 502 g/mol. The fraction of sp³-hybridized carbons (Fsp3) is 0.542. The summed E-state index contributed by atoms with van der Waals surface area (Å²) >= 11 is 1.46. The number of benzene rings is 1. The maximum atomic E-state index is 13.4. The molecule has 1 fully saturated rings. The van der Waals surface area contributed by atoms with Crippen molar-refractivity contribution in [3.63, 3.8) is 0 Å². The van der Waals surface area contributed by atoms with Crippen LogP contribution in [0.15, 0.2) is 24.3 Å². The average Bonchev–Trinajstić information content (AvgIpc) is 3.35. The quantitative estimate of drug-likeness (QED) is 0.178. The van der Waals surface area contributed by atoms with Crippen LogP contribution in [0, 0.1) is 0 Å². The van der Waals surface area contributed by atoms with Crippen LogP contribution >= 0.6 is 11.8 Å². The van der Waals surface area contributed by atoms with Crippen LogP contribution in [0.25, 0.3) is 0 Å². The number of hydrogen-bond acceptors (Lipinski definition) is 8. The van der Waals surface area contributed by atoms with Crippen molar-refractivity contribution >= 4 is 41.4 Å². The summed E-state index contributed by atoms with van der Waals surface area (Å²) in [6.07, 6.45) is 2.92. The number of carbonyl (C=O) groups is 5. The van der Waals surface area contributed by atoms with Crippen molar-refractivity contribution in [3.8, 4) is 5.75 Å². The predicted molar refractivity (Wildman–Crippen MR) is 137 cm³/mol. The predicted octanol–water partition coefficient (Wildman–Crippen LogP) is -0.674. The number of carboxylic acids is 1. The molecule has 1 saturated heterocycles. The number of aromatic hydroxyl groups is 1. The molecule has 1 aromatic rings. The maximum absolute atomic E-state index is 13.4. The number of primary amides is 1. The molecule has 13 heteroatoms. The first-order valence-corrected chi connectivity index (χ1v) is 13.4. The van der Waals surface area contributed by atoms with Crippen LogP contribution < -0.4 is 22.1 Å². The van der Waals surface area contributed by atoms with Gasteiger partial charge >= 0.3 is 5.97 Å². The number of rotatable bonds is 14. The van der Waals surface area contributed by atoms with Crippen LogP contribution in [0.1, 0.15) is 37.7 Å². The molecule has 4 atom stereocenters. The van der Waals surface area contributed by atoms with Crippen molar-refractivity contribution in [2.24, 2.45) is 11.5 Å². The van der Waals surface area contributed by atoms with E-state index < -0.39 is 53.8 Å². The Kier molecular flexibility index (Phi) is 11.7. The Labute approximate surface area is 219 Å². The van der Waals surface area contributed by atoms with Gasteiger partial charge in [-0.3, -0.25) is 19.2 Å². The third-order valence-electron chi connectivity index (χ3n) is 6.09. The lowest BCUT2D eigenvalue weighted by Gasteiger charge is -2.29. The molecule has 4 unspecified atom stereocenters. The highest BCUT2D eigenvalue weighted by molar-refractivity contribution is 7.98. The van der Waals surface area contributed by atoms with Gasteiger partial charge in [-0.1, -0.05) is 12.1 Å². The smallest absolute Gasteiger partial charge is 0.326 e. The molecule has 0 aliphatic carbocycles. The van der Waals surface area contributed by atoms with E-state index >= 15 is 0 Å². The van der Waals surface area contributed by atoms with Gasteiger partial charge in [0.05, 0.1) is 6.04 Å². The molecule has 0 saturated carbocycles. The van der Waals surface area contributed by atoms with Gasteiger partial charge in [0.25, 0.3) is 0 Å². The van der Waals surface area contributed by atoms with E-state index in [1.807, 2.05) is 6.26 Å². The van der Waals surface area contributed by atoms with Crippen molar-refractivity contribution in [2.75, 3.05) is 18.6 Å². The molecule has 0 spiro atoms. The van der Waals surface area contributed by atoms with Crippen molar-refractivity contribution in [1.29, 1.82) is 0 Å². The molecule has 2 rings (SSSR count). The van der Waals surface area contributed by atoms with E-state index in [1.165, 1.54) is 28.8 Å². The van der Waals surface area contributed by atoms with Crippen molar-refractivity contribution in [1.82, 2.24) is 15.5 Å². The summed E-state index contributed by atoms with van der Waals surface area (Å²) in [7, 11) is 0.